The summed E-state index contributed by atoms with van der Waals surface area (Å²) in [5.41, 5.74) is -0.896. The van der Waals surface area contributed by atoms with Crippen LogP contribution in [-0.2, 0) is 24.4 Å². The molecule has 0 N–H and O–H groups in total. The fourth-order valence-corrected chi connectivity index (χ4v) is 5.21. The van der Waals surface area contributed by atoms with Crippen molar-refractivity contribution in [2.45, 2.75) is 25.6 Å². The highest BCUT2D eigenvalue weighted by Crippen LogP contribution is 2.36. The molecule has 0 amide bonds. The van der Waals surface area contributed by atoms with Gasteiger partial charge in [-0.2, -0.15) is 17.5 Å². The second-order valence-electron chi connectivity index (χ2n) is 9.53. The van der Waals surface area contributed by atoms with Crippen molar-refractivity contribution in [2.75, 3.05) is 0 Å². The lowest BCUT2D eigenvalue weighted by molar-refractivity contribution is -0.311. The first-order valence-corrected chi connectivity index (χ1v) is 13.5. The summed E-state index contributed by atoms with van der Waals surface area (Å²) in [6.45, 7) is 1.81. The van der Waals surface area contributed by atoms with Crippen LogP contribution in [0.2, 0.25) is 0 Å². The summed E-state index contributed by atoms with van der Waals surface area (Å²) in [6, 6.07) is 19.1. The van der Waals surface area contributed by atoms with Crippen LogP contribution in [0, 0.1) is 18.8 Å². The molecule has 0 saturated carbocycles. The third kappa shape index (κ3) is 6.07. The number of nitrogens with zero attached hydrogens (tertiary/aromatic N) is 3. The van der Waals surface area contributed by atoms with Gasteiger partial charge >= 0.3 is 11.9 Å². The van der Waals surface area contributed by atoms with E-state index in [0.29, 0.717) is 43.0 Å². The topological polar surface area (TPSA) is 106 Å². The zero-order valence-corrected chi connectivity index (χ0v) is 23.5. The summed E-state index contributed by atoms with van der Waals surface area (Å²) in [5.74, 6) is 4.07. The largest absolute Gasteiger partial charge is 0.545 e. The van der Waals surface area contributed by atoms with Gasteiger partial charge in [0.25, 0.3) is 5.56 Å². The molecule has 0 saturated heterocycles. The number of ether oxygens (including phenoxy) is 1. The Hall–Kier alpha value is -5.15. The number of halogens is 3. The zero-order valence-electron chi connectivity index (χ0n) is 22.6. The van der Waals surface area contributed by atoms with E-state index in [0.717, 1.165) is 29.7 Å². The lowest BCUT2D eigenvalue weighted by Crippen LogP contribution is -2.40. The summed E-state index contributed by atoms with van der Waals surface area (Å²) < 4.78 is 51.8. The number of hydrogen-bond donors (Lipinski definition) is 0. The van der Waals surface area contributed by atoms with E-state index in [1.54, 1.807) is 31.2 Å². The number of aryl methyl sites for hydroxylation is 1. The molecule has 2 heterocycles. The molecule has 5 aromatic rings. The van der Waals surface area contributed by atoms with Gasteiger partial charge in [-0.05, 0) is 59.9 Å². The Morgan fingerprint density at radius 2 is 1.81 bits per heavy atom. The first-order valence-electron chi connectivity index (χ1n) is 12.7. The van der Waals surface area contributed by atoms with Crippen LogP contribution in [0.15, 0.2) is 82.4 Å². The van der Waals surface area contributed by atoms with Crippen molar-refractivity contribution in [1.29, 1.82) is 0 Å². The van der Waals surface area contributed by atoms with Crippen LogP contribution in [0.5, 0.6) is 5.75 Å². The van der Waals surface area contributed by atoms with Crippen LogP contribution >= 0.6 is 11.5 Å². The van der Waals surface area contributed by atoms with E-state index >= 15 is 0 Å². The molecular formula is C31H21F3N3O5S-. The van der Waals surface area contributed by atoms with E-state index in [4.69, 9.17) is 4.74 Å². The Morgan fingerprint density at radius 3 is 2.51 bits per heavy atom. The van der Waals surface area contributed by atoms with E-state index in [2.05, 4.69) is 16.2 Å². The number of carboxylic acid groups (broad SMARTS) is 1. The van der Waals surface area contributed by atoms with Crippen LogP contribution in [0.25, 0.3) is 27.0 Å². The van der Waals surface area contributed by atoms with Gasteiger partial charge in [-0.15, -0.1) is 0 Å². The van der Waals surface area contributed by atoms with Gasteiger partial charge in [-0.1, -0.05) is 48.2 Å². The second kappa shape index (κ2) is 11.6. The maximum absolute atomic E-state index is 13.3. The minimum absolute atomic E-state index is 0.0593. The third-order valence-electron chi connectivity index (χ3n) is 6.62. The Labute approximate surface area is 246 Å². The number of carbonyl (C=O) groups is 1. The lowest BCUT2D eigenvalue weighted by Gasteiger charge is -2.16. The monoisotopic (exact) mass is 604 g/mol. The third-order valence-corrected chi connectivity index (χ3v) is 7.45. The molecule has 0 radical (unpaired) electrons. The SMILES string of the molecule is Cc1ccc(OC(C#CCc2ccccc2)C(=O)[O-])cc1-c1nsc2ccc(-n3c(=O)cc(C(F)(F)F)n(C)c3=O)cc12. The molecule has 218 valence electrons. The summed E-state index contributed by atoms with van der Waals surface area (Å²) in [6.07, 6.45) is -6.10. The summed E-state index contributed by atoms with van der Waals surface area (Å²) in [7, 11) is 0.942. The van der Waals surface area contributed by atoms with Crippen LogP contribution in [0.4, 0.5) is 13.2 Å². The van der Waals surface area contributed by atoms with Gasteiger partial charge in [0.2, 0.25) is 0 Å². The van der Waals surface area contributed by atoms with E-state index in [1.165, 1.54) is 12.1 Å². The average Bonchev–Trinajstić information content (AvgIpc) is 3.38. The van der Waals surface area contributed by atoms with Crippen molar-refractivity contribution >= 4 is 27.6 Å². The van der Waals surface area contributed by atoms with Crippen molar-refractivity contribution in [3.63, 3.8) is 0 Å². The molecule has 1 unspecified atom stereocenters. The van der Waals surface area contributed by atoms with E-state index < -0.39 is 35.2 Å². The Bertz CT molecular complexity index is 2040. The van der Waals surface area contributed by atoms with Crippen molar-refractivity contribution in [2.24, 2.45) is 7.05 Å². The number of alkyl halides is 3. The maximum Gasteiger partial charge on any atom is 0.431 e. The van der Waals surface area contributed by atoms with Crippen LogP contribution in [-0.4, -0.2) is 25.6 Å². The molecule has 43 heavy (non-hydrogen) atoms. The first kappa shape index (κ1) is 29.3. The molecule has 0 bridgehead atoms. The minimum atomic E-state index is -4.88. The minimum Gasteiger partial charge on any atom is -0.545 e. The zero-order chi connectivity index (χ0) is 30.9. The summed E-state index contributed by atoms with van der Waals surface area (Å²) in [5, 5.41) is 12.3. The Balaban J connectivity index is 1.51. The van der Waals surface area contributed by atoms with E-state index in [-0.39, 0.29) is 11.4 Å². The predicted molar refractivity (Wildman–Crippen MR) is 153 cm³/mol. The molecule has 0 fully saturated rings. The number of carboxylic acids is 1. The molecule has 12 heteroatoms. The fourth-order valence-electron chi connectivity index (χ4n) is 4.44. The number of fused-ring (bicyclic) bond motifs is 1. The van der Waals surface area contributed by atoms with Gasteiger partial charge < -0.3 is 14.6 Å². The number of hydrogen-bond acceptors (Lipinski definition) is 7. The van der Waals surface area contributed by atoms with Gasteiger partial charge in [0.15, 0.2) is 6.10 Å². The van der Waals surface area contributed by atoms with Crippen molar-refractivity contribution in [1.82, 2.24) is 13.5 Å². The molecule has 3 aromatic carbocycles. The quantitative estimate of drug-likeness (QED) is 0.273. The summed E-state index contributed by atoms with van der Waals surface area (Å²) >= 11 is 1.14. The van der Waals surface area contributed by atoms with Crippen molar-refractivity contribution < 1.29 is 27.8 Å². The number of carbonyl (C=O) groups excluding carboxylic acids is 1. The number of aliphatic carboxylic acids is 1. The fraction of sp³-hybridized carbons (Fsp3) is 0.161. The van der Waals surface area contributed by atoms with E-state index in [1.807, 2.05) is 30.3 Å². The molecule has 5 rings (SSSR count). The van der Waals surface area contributed by atoms with Crippen LogP contribution in [0.1, 0.15) is 16.8 Å². The maximum atomic E-state index is 13.3. The average molecular weight is 605 g/mol. The molecule has 0 aliphatic rings. The van der Waals surface area contributed by atoms with Gasteiger partial charge in [-0.25, -0.2) is 9.36 Å². The van der Waals surface area contributed by atoms with Crippen LogP contribution < -0.4 is 21.1 Å². The van der Waals surface area contributed by atoms with Gasteiger partial charge in [0, 0.05) is 30.5 Å². The van der Waals surface area contributed by atoms with Crippen LogP contribution in [0.3, 0.4) is 0 Å². The van der Waals surface area contributed by atoms with Crippen molar-refractivity contribution in [3.05, 3.63) is 110 Å². The van der Waals surface area contributed by atoms with E-state index in [9.17, 15) is 32.7 Å². The van der Waals surface area contributed by atoms with Gasteiger partial charge in [-0.3, -0.25) is 9.36 Å². The highest BCUT2D eigenvalue weighted by atomic mass is 32.1. The molecule has 8 nitrogen and oxygen atoms in total. The molecule has 0 spiro atoms. The first-order chi connectivity index (χ1) is 20.4. The molecular weight excluding hydrogens is 583 g/mol. The second-order valence-corrected chi connectivity index (χ2v) is 10.3. The lowest BCUT2D eigenvalue weighted by atomic mass is 10.0. The number of rotatable bonds is 6. The molecule has 0 aliphatic heterocycles. The van der Waals surface area contributed by atoms with Gasteiger partial charge in [0.05, 0.1) is 22.1 Å². The van der Waals surface area contributed by atoms with Gasteiger partial charge in [0.1, 0.15) is 11.4 Å². The number of benzene rings is 3. The normalized spacial score (nSPS) is 12.0. The summed E-state index contributed by atoms with van der Waals surface area (Å²) in [4.78, 5) is 37.3. The highest BCUT2D eigenvalue weighted by molar-refractivity contribution is 7.13. The molecule has 1 atom stereocenters. The van der Waals surface area contributed by atoms with Crippen molar-refractivity contribution in [3.8, 4) is 34.5 Å². The number of aromatic nitrogens is 3. The standard InChI is InChI=1S/C31H22F3N3O5S/c1-18-11-13-21(42-24(29(39)40)10-6-9-19-7-4-3-5-8-19)16-22(18)28-23-15-20(12-14-25(23)43-35-28)37-27(38)17-26(31(32,33)34)36(2)30(37)41/h3-5,7-8,11-17,24H,9H2,1-2H3,(H,39,40)/p-1. The Kier molecular flexibility index (Phi) is 7.93. The molecule has 0 aliphatic carbocycles. The highest BCUT2D eigenvalue weighted by Gasteiger charge is 2.35. The smallest absolute Gasteiger partial charge is 0.431 e. The predicted octanol–water partition coefficient (Wildman–Crippen LogP) is 3.88. The Morgan fingerprint density at radius 1 is 1.07 bits per heavy atom. The molecule has 2 aromatic heterocycles.